The smallest absolute Gasteiger partial charge is 0.255 e. The normalized spacial score (nSPS) is 17.9. The minimum atomic E-state index is -0.327. The molecule has 0 bridgehead atoms. The van der Waals surface area contributed by atoms with Gasteiger partial charge in [0.05, 0.1) is 22.1 Å². The molecule has 0 aromatic carbocycles. The quantitative estimate of drug-likeness (QED) is 0.748. The molecule has 1 amide bonds. The molecular weight excluding hydrogens is 285 g/mol. The van der Waals surface area contributed by atoms with Crippen LogP contribution < -0.4 is 0 Å². The molecule has 0 saturated carbocycles. The van der Waals surface area contributed by atoms with Crippen molar-refractivity contribution in [3.8, 4) is 6.07 Å². The van der Waals surface area contributed by atoms with E-state index in [4.69, 9.17) is 28.5 Å². The van der Waals surface area contributed by atoms with Crippen LogP contribution >= 0.6 is 23.2 Å². The van der Waals surface area contributed by atoms with E-state index in [0.717, 1.165) is 0 Å². The van der Waals surface area contributed by atoms with Crippen LogP contribution in [0.3, 0.4) is 0 Å². The van der Waals surface area contributed by atoms with Gasteiger partial charge in [-0.25, -0.2) is 4.98 Å². The first kappa shape index (κ1) is 14.1. The van der Waals surface area contributed by atoms with Crippen LogP contribution in [0, 0.1) is 16.7 Å². The molecule has 1 aromatic rings. The maximum atomic E-state index is 12.3. The maximum absolute atomic E-state index is 12.3. The van der Waals surface area contributed by atoms with Crippen molar-refractivity contribution in [2.75, 3.05) is 13.1 Å². The van der Waals surface area contributed by atoms with E-state index in [2.05, 4.69) is 11.1 Å². The standard InChI is InChI=1S/C13H13Cl2N3O/c1-13(8-16)2-4-18(5-3-13)12(19)9-6-10(14)11(15)17-7-9/h6-7H,2-5H2,1H3. The lowest BCUT2D eigenvalue weighted by Crippen LogP contribution is -2.41. The zero-order chi connectivity index (χ0) is 14.0. The third-order valence-electron chi connectivity index (χ3n) is 3.47. The molecule has 1 saturated heterocycles. The number of hydrogen-bond acceptors (Lipinski definition) is 3. The molecule has 1 aromatic heterocycles. The fourth-order valence-corrected chi connectivity index (χ4v) is 2.31. The lowest BCUT2D eigenvalue weighted by Gasteiger charge is -2.34. The first-order chi connectivity index (χ1) is 8.95. The molecule has 6 heteroatoms. The molecule has 0 N–H and O–H groups in total. The number of nitriles is 1. The fraction of sp³-hybridized carbons (Fsp3) is 0.462. The molecule has 2 rings (SSSR count). The van der Waals surface area contributed by atoms with E-state index in [0.29, 0.717) is 31.5 Å². The third-order valence-corrected chi connectivity index (χ3v) is 4.15. The van der Waals surface area contributed by atoms with Crippen LogP contribution in [0.2, 0.25) is 10.2 Å². The third kappa shape index (κ3) is 2.99. The van der Waals surface area contributed by atoms with Crippen molar-refractivity contribution in [3.05, 3.63) is 28.0 Å². The predicted octanol–water partition coefficient (Wildman–Crippen LogP) is 3.15. The first-order valence-electron chi connectivity index (χ1n) is 5.97. The van der Waals surface area contributed by atoms with Crippen LogP contribution in [0.1, 0.15) is 30.1 Å². The number of likely N-dealkylation sites (tertiary alicyclic amines) is 1. The summed E-state index contributed by atoms with van der Waals surface area (Å²) in [5, 5.41) is 9.52. The van der Waals surface area contributed by atoms with E-state index < -0.39 is 0 Å². The average molecular weight is 298 g/mol. The molecule has 0 aliphatic carbocycles. The van der Waals surface area contributed by atoms with Crippen LogP contribution in [0.25, 0.3) is 0 Å². The Morgan fingerprint density at radius 2 is 2.11 bits per heavy atom. The summed E-state index contributed by atoms with van der Waals surface area (Å²) in [5.41, 5.74) is 0.0992. The number of amides is 1. The highest BCUT2D eigenvalue weighted by Gasteiger charge is 2.32. The molecule has 0 radical (unpaired) electrons. The van der Waals surface area contributed by atoms with Crippen molar-refractivity contribution >= 4 is 29.1 Å². The van der Waals surface area contributed by atoms with Gasteiger partial charge in [-0.05, 0) is 25.8 Å². The Kier molecular flexibility index (Phi) is 3.98. The number of pyridine rings is 1. The summed E-state index contributed by atoms with van der Waals surface area (Å²) < 4.78 is 0. The number of hydrogen-bond donors (Lipinski definition) is 0. The largest absolute Gasteiger partial charge is 0.338 e. The summed E-state index contributed by atoms with van der Waals surface area (Å²) in [5.74, 6) is -0.119. The van der Waals surface area contributed by atoms with E-state index in [9.17, 15) is 4.79 Å². The molecule has 0 atom stereocenters. The number of carbonyl (C=O) groups is 1. The minimum Gasteiger partial charge on any atom is -0.338 e. The van der Waals surface area contributed by atoms with E-state index in [1.807, 2.05) is 6.92 Å². The van der Waals surface area contributed by atoms with E-state index >= 15 is 0 Å². The highest BCUT2D eigenvalue weighted by atomic mass is 35.5. The Morgan fingerprint density at radius 3 is 2.63 bits per heavy atom. The Bertz CT molecular complexity index is 545. The van der Waals surface area contributed by atoms with Crippen LogP contribution in [0.4, 0.5) is 0 Å². The van der Waals surface area contributed by atoms with Crippen molar-refractivity contribution in [3.63, 3.8) is 0 Å². The number of rotatable bonds is 1. The van der Waals surface area contributed by atoms with Crippen molar-refractivity contribution in [1.29, 1.82) is 5.26 Å². The van der Waals surface area contributed by atoms with Gasteiger partial charge in [0.2, 0.25) is 0 Å². The molecule has 1 fully saturated rings. The molecule has 4 nitrogen and oxygen atoms in total. The van der Waals surface area contributed by atoms with Crippen molar-refractivity contribution in [2.24, 2.45) is 5.41 Å². The van der Waals surface area contributed by atoms with Crippen molar-refractivity contribution < 1.29 is 4.79 Å². The fourth-order valence-electron chi connectivity index (χ4n) is 2.04. The number of piperidine rings is 1. The topological polar surface area (TPSA) is 57.0 Å². The summed E-state index contributed by atoms with van der Waals surface area (Å²) in [4.78, 5) is 17.9. The van der Waals surface area contributed by atoms with Crippen LogP contribution in [0.15, 0.2) is 12.3 Å². The van der Waals surface area contributed by atoms with Gasteiger partial charge < -0.3 is 4.90 Å². The van der Waals surface area contributed by atoms with Gasteiger partial charge in [0, 0.05) is 19.3 Å². The SMILES string of the molecule is CC1(C#N)CCN(C(=O)c2cnc(Cl)c(Cl)c2)CC1. The van der Waals surface area contributed by atoms with Gasteiger partial charge >= 0.3 is 0 Å². The molecule has 2 heterocycles. The summed E-state index contributed by atoms with van der Waals surface area (Å²) in [6.45, 7) is 3.07. The van der Waals surface area contributed by atoms with E-state index in [-0.39, 0.29) is 21.5 Å². The van der Waals surface area contributed by atoms with Crippen molar-refractivity contribution in [2.45, 2.75) is 19.8 Å². The van der Waals surface area contributed by atoms with E-state index in [1.165, 1.54) is 12.3 Å². The summed E-state index contributed by atoms with van der Waals surface area (Å²) in [6.07, 6.45) is 2.79. The lowest BCUT2D eigenvalue weighted by molar-refractivity contribution is 0.0661. The number of aromatic nitrogens is 1. The predicted molar refractivity (Wildman–Crippen MR) is 73.1 cm³/mol. The second kappa shape index (κ2) is 5.36. The molecule has 19 heavy (non-hydrogen) atoms. The van der Waals surface area contributed by atoms with Gasteiger partial charge in [0.1, 0.15) is 5.15 Å². The van der Waals surface area contributed by atoms with Crippen molar-refractivity contribution in [1.82, 2.24) is 9.88 Å². The van der Waals surface area contributed by atoms with Crippen LogP contribution in [-0.2, 0) is 0 Å². The monoisotopic (exact) mass is 297 g/mol. The van der Waals surface area contributed by atoms with Gasteiger partial charge in [-0.15, -0.1) is 0 Å². The zero-order valence-electron chi connectivity index (χ0n) is 10.5. The van der Waals surface area contributed by atoms with E-state index in [1.54, 1.807) is 4.90 Å². The molecule has 0 spiro atoms. The lowest BCUT2D eigenvalue weighted by atomic mass is 9.82. The maximum Gasteiger partial charge on any atom is 0.255 e. The summed E-state index contributed by atoms with van der Waals surface area (Å²) in [7, 11) is 0. The van der Waals surface area contributed by atoms with Gasteiger partial charge in [-0.3, -0.25) is 4.79 Å². The Hall–Kier alpha value is -1.31. The van der Waals surface area contributed by atoms with Crippen LogP contribution in [-0.4, -0.2) is 28.9 Å². The Morgan fingerprint density at radius 1 is 1.47 bits per heavy atom. The summed E-state index contributed by atoms with van der Waals surface area (Å²) in [6, 6.07) is 3.83. The number of halogens is 2. The van der Waals surface area contributed by atoms with Gasteiger partial charge in [0.15, 0.2) is 0 Å². The van der Waals surface area contributed by atoms with Gasteiger partial charge in [-0.2, -0.15) is 5.26 Å². The molecule has 100 valence electrons. The molecular formula is C13H13Cl2N3O. The minimum absolute atomic E-state index is 0.119. The number of carbonyl (C=O) groups excluding carboxylic acids is 1. The Labute approximate surface area is 121 Å². The first-order valence-corrected chi connectivity index (χ1v) is 6.72. The highest BCUT2D eigenvalue weighted by molar-refractivity contribution is 6.41. The van der Waals surface area contributed by atoms with Crippen LogP contribution in [0.5, 0.6) is 0 Å². The molecule has 1 aliphatic heterocycles. The highest BCUT2D eigenvalue weighted by Crippen LogP contribution is 2.30. The zero-order valence-corrected chi connectivity index (χ0v) is 12.0. The molecule has 0 unspecified atom stereocenters. The van der Waals surface area contributed by atoms with Gasteiger partial charge in [-0.1, -0.05) is 23.2 Å². The number of nitrogens with zero attached hydrogens (tertiary/aromatic N) is 3. The second-order valence-electron chi connectivity index (χ2n) is 4.96. The summed E-state index contributed by atoms with van der Waals surface area (Å²) >= 11 is 11.6. The average Bonchev–Trinajstić information content (AvgIpc) is 2.42. The van der Waals surface area contributed by atoms with Gasteiger partial charge in [0.25, 0.3) is 5.91 Å². The second-order valence-corrected chi connectivity index (χ2v) is 5.73. The molecule has 1 aliphatic rings. The Balaban J connectivity index is 2.10.